The molecule has 0 spiro atoms. The fourth-order valence-corrected chi connectivity index (χ4v) is 5.35. The first-order chi connectivity index (χ1) is 19.9. The first-order valence-electron chi connectivity index (χ1n) is 11.8. The first-order valence-corrected chi connectivity index (χ1v) is 13.5. The average molecular weight is 617 g/mol. The number of hydrogen-bond donors (Lipinski definition) is 6. The standard InChI is InChI=1S/C25H22F2N8O5S2/c1-40-11-4-2-3-10(5-11)22(38)31-15-6-12(13(26)7-14(15)27)17-9-41-23(32-17)19-20(29)34-25(42-19)35-24(39)33-16(21(30)37)8-18(28)36/h2-7,9,16H,8,29H2,1H3,(H2,28,36)(H2,30,37)(H,31,38)(H2,33,34,35,39)/t16-/m0/s1. The lowest BCUT2D eigenvalue weighted by atomic mass is 10.1. The number of aromatic nitrogens is 2. The molecule has 2 aromatic heterocycles. The number of ether oxygens (including phenoxy) is 1. The van der Waals surface area contributed by atoms with Gasteiger partial charge in [-0.25, -0.2) is 23.5 Å². The van der Waals surface area contributed by atoms with E-state index in [-0.39, 0.29) is 33.5 Å². The van der Waals surface area contributed by atoms with Gasteiger partial charge >= 0.3 is 6.03 Å². The third-order valence-corrected chi connectivity index (χ3v) is 7.52. The highest BCUT2D eigenvalue weighted by Crippen LogP contribution is 2.39. The summed E-state index contributed by atoms with van der Waals surface area (Å²) >= 11 is 2.00. The predicted molar refractivity (Wildman–Crippen MR) is 153 cm³/mol. The summed E-state index contributed by atoms with van der Waals surface area (Å²) in [6.07, 6.45) is -0.498. The van der Waals surface area contributed by atoms with Gasteiger partial charge in [0.05, 0.1) is 24.9 Å². The Labute approximate surface area is 244 Å². The van der Waals surface area contributed by atoms with Gasteiger partial charge in [0, 0.05) is 22.6 Å². The van der Waals surface area contributed by atoms with Crippen molar-refractivity contribution in [3.8, 4) is 26.9 Å². The highest BCUT2D eigenvalue weighted by molar-refractivity contribution is 7.23. The van der Waals surface area contributed by atoms with Crippen LogP contribution in [-0.2, 0) is 9.59 Å². The van der Waals surface area contributed by atoms with Crippen molar-refractivity contribution in [2.45, 2.75) is 12.5 Å². The van der Waals surface area contributed by atoms with Crippen LogP contribution < -0.4 is 37.9 Å². The minimum Gasteiger partial charge on any atom is -0.497 e. The van der Waals surface area contributed by atoms with Gasteiger partial charge < -0.3 is 32.6 Å². The molecule has 0 radical (unpaired) electrons. The molecule has 5 amide bonds. The second kappa shape index (κ2) is 12.6. The van der Waals surface area contributed by atoms with Crippen LogP contribution in [0.1, 0.15) is 16.8 Å². The lowest BCUT2D eigenvalue weighted by molar-refractivity contribution is -0.124. The number of anilines is 3. The van der Waals surface area contributed by atoms with Crippen molar-refractivity contribution in [1.82, 2.24) is 15.3 Å². The Morgan fingerprint density at radius 1 is 1.05 bits per heavy atom. The molecule has 2 heterocycles. The van der Waals surface area contributed by atoms with Crippen molar-refractivity contribution in [2.75, 3.05) is 23.5 Å². The van der Waals surface area contributed by atoms with Crippen molar-refractivity contribution in [1.29, 1.82) is 0 Å². The second-order valence-corrected chi connectivity index (χ2v) is 10.4. The van der Waals surface area contributed by atoms with Crippen LogP contribution in [-0.4, -0.2) is 46.9 Å². The number of nitrogens with zero attached hydrogens (tertiary/aromatic N) is 2. The molecule has 0 bridgehead atoms. The second-order valence-electron chi connectivity index (χ2n) is 8.49. The van der Waals surface area contributed by atoms with E-state index in [0.29, 0.717) is 21.7 Å². The van der Waals surface area contributed by atoms with Crippen molar-refractivity contribution in [3.05, 3.63) is 59.0 Å². The van der Waals surface area contributed by atoms with Crippen LogP contribution in [0.3, 0.4) is 0 Å². The van der Waals surface area contributed by atoms with Crippen LogP contribution in [0.2, 0.25) is 0 Å². The minimum atomic E-state index is -1.34. The number of nitrogen functional groups attached to an aromatic ring is 1. The Balaban J connectivity index is 1.53. The zero-order chi connectivity index (χ0) is 30.6. The number of hydrogen-bond acceptors (Lipinski definition) is 10. The molecule has 17 heteroatoms. The highest BCUT2D eigenvalue weighted by Gasteiger charge is 2.23. The number of nitrogens with one attached hydrogen (secondary N) is 3. The molecule has 0 saturated carbocycles. The van der Waals surface area contributed by atoms with Crippen LogP contribution in [0.25, 0.3) is 21.1 Å². The molecule has 0 saturated heterocycles. The topological polar surface area (TPSA) is 217 Å². The van der Waals surface area contributed by atoms with Crippen LogP contribution in [0.4, 0.5) is 30.2 Å². The van der Waals surface area contributed by atoms with E-state index in [1.54, 1.807) is 12.1 Å². The van der Waals surface area contributed by atoms with Gasteiger partial charge in [0.2, 0.25) is 11.8 Å². The van der Waals surface area contributed by atoms with Crippen molar-refractivity contribution in [2.24, 2.45) is 11.5 Å². The quantitative estimate of drug-likeness (QED) is 0.155. The smallest absolute Gasteiger partial charge is 0.321 e. The number of rotatable bonds is 10. The molecule has 4 aromatic rings. The van der Waals surface area contributed by atoms with Gasteiger partial charge in [0.25, 0.3) is 5.91 Å². The zero-order valence-electron chi connectivity index (χ0n) is 21.6. The summed E-state index contributed by atoms with van der Waals surface area (Å²) in [6.45, 7) is 0. The fraction of sp³-hybridized carbons (Fsp3) is 0.120. The molecule has 13 nitrogen and oxygen atoms in total. The van der Waals surface area contributed by atoms with E-state index < -0.39 is 47.8 Å². The summed E-state index contributed by atoms with van der Waals surface area (Å²) in [5, 5.41) is 8.85. The molecule has 42 heavy (non-hydrogen) atoms. The molecule has 4 rings (SSSR count). The van der Waals surface area contributed by atoms with Gasteiger partial charge in [-0.2, -0.15) is 0 Å². The first kappa shape index (κ1) is 29.8. The normalized spacial score (nSPS) is 11.4. The van der Waals surface area contributed by atoms with Gasteiger partial charge in [0.15, 0.2) is 5.13 Å². The van der Waals surface area contributed by atoms with E-state index in [1.807, 2.05) is 0 Å². The van der Waals surface area contributed by atoms with E-state index in [2.05, 4.69) is 25.9 Å². The largest absolute Gasteiger partial charge is 0.497 e. The lowest BCUT2D eigenvalue weighted by Crippen LogP contribution is -2.48. The van der Waals surface area contributed by atoms with Crippen LogP contribution in [0.5, 0.6) is 5.75 Å². The molecule has 0 unspecified atom stereocenters. The fourth-order valence-electron chi connectivity index (χ4n) is 3.56. The van der Waals surface area contributed by atoms with Crippen molar-refractivity contribution >= 4 is 63.1 Å². The Hall–Kier alpha value is -5.16. The lowest BCUT2D eigenvalue weighted by Gasteiger charge is -2.13. The van der Waals surface area contributed by atoms with E-state index in [4.69, 9.17) is 21.9 Å². The van der Waals surface area contributed by atoms with Crippen LogP contribution in [0.15, 0.2) is 41.8 Å². The van der Waals surface area contributed by atoms with Crippen LogP contribution >= 0.6 is 22.7 Å². The van der Waals surface area contributed by atoms with Gasteiger partial charge in [-0.15, -0.1) is 11.3 Å². The van der Waals surface area contributed by atoms with E-state index in [0.717, 1.165) is 28.7 Å². The summed E-state index contributed by atoms with van der Waals surface area (Å²) in [7, 11) is 1.44. The maximum Gasteiger partial charge on any atom is 0.321 e. The molecule has 0 fully saturated rings. The number of urea groups is 1. The summed E-state index contributed by atoms with van der Waals surface area (Å²) in [5.41, 5.74) is 16.2. The molecule has 0 aliphatic carbocycles. The summed E-state index contributed by atoms with van der Waals surface area (Å²) in [4.78, 5) is 56.2. The maximum atomic E-state index is 14.8. The van der Waals surface area contributed by atoms with Gasteiger partial charge in [-0.1, -0.05) is 17.4 Å². The SMILES string of the molecule is COc1cccc(C(=O)Nc2cc(-c3csc(-c4sc(NC(=O)N[C@@H](CC(N)=O)C(N)=O)nc4N)n3)c(F)cc2F)c1. The number of carbonyl (C=O) groups excluding carboxylic acids is 4. The van der Waals surface area contributed by atoms with E-state index in [1.165, 1.54) is 24.6 Å². The minimum absolute atomic E-state index is 0.00870. The Bertz CT molecular complexity index is 1690. The van der Waals surface area contributed by atoms with E-state index in [9.17, 15) is 28.0 Å². The number of methoxy groups -OCH3 is 1. The summed E-state index contributed by atoms with van der Waals surface area (Å²) < 4.78 is 34.5. The monoisotopic (exact) mass is 616 g/mol. The molecular weight excluding hydrogens is 594 g/mol. The van der Waals surface area contributed by atoms with Crippen molar-refractivity contribution < 1.29 is 32.7 Å². The molecule has 2 aromatic carbocycles. The molecule has 0 aliphatic rings. The number of primary amides is 2. The summed E-state index contributed by atoms with van der Waals surface area (Å²) in [6, 6.07) is 5.74. The highest BCUT2D eigenvalue weighted by atomic mass is 32.1. The number of halogens is 2. The number of thiazole rings is 2. The average Bonchev–Trinajstić information content (AvgIpc) is 3.55. The van der Waals surface area contributed by atoms with Crippen molar-refractivity contribution in [3.63, 3.8) is 0 Å². The Morgan fingerprint density at radius 3 is 2.50 bits per heavy atom. The number of nitrogens with two attached hydrogens (primary N) is 3. The Kier molecular flexibility index (Phi) is 8.92. The summed E-state index contributed by atoms with van der Waals surface area (Å²) in [5.74, 6) is -3.93. The molecule has 9 N–H and O–H groups in total. The predicted octanol–water partition coefficient (Wildman–Crippen LogP) is 2.91. The number of amides is 5. The molecule has 0 aliphatic heterocycles. The van der Waals surface area contributed by atoms with Crippen LogP contribution in [0, 0.1) is 11.6 Å². The molecule has 1 atom stereocenters. The number of benzene rings is 2. The third-order valence-electron chi connectivity index (χ3n) is 5.54. The van der Waals surface area contributed by atoms with E-state index >= 15 is 0 Å². The maximum absolute atomic E-state index is 14.8. The third kappa shape index (κ3) is 6.94. The Morgan fingerprint density at radius 2 is 1.81 bits per heavy atom. The molecular formula is C25H22F2N8O5S2. The molecule has 218 valence electrons. The van der Waals surface area contributed by atoms with Gasteiger partial charge in [-0.05, 0) is 24.3 Å². The van der Waals surface area contributed by atoms with Gasteiger partial charge in [0.1, 0.15) is 39.1 Å². The zero-order valence-corrected chi connectivity index (χ0v) is 23.2. The van der Waals surface area contributed by atoms with Gasteiger partial charge in [-0.3, -0.25) is 19.7 Å². The number of carbonyl (C=O) groups is 4.